The van der Waals surface area contributed by atoms with Crippen LogP contribution in [0.5, 0.6) is 0 Å². The smallest absolute Gasteiger partial charge is 0.326 e. The minimum absolute atomic E-state index is 0.0639. The molecule has 0 aromatic heterocycles. The number of carbonyl (C=O) groups excluding carboxylic acids is 1. The van der Waals surface area contributed by atoms with Crippen LogP contribution in [0.15, 0.2) is 0 Å². The third-order valence-corrected chi connectivity index (χ3v) is 5.93. The number of hydrogen-bond donors (Lipinski definition) is 2. The molecule has 2 unspecified atom stereocenters. The molecule has 2 fully saturated rings. The van der Waals surface area contributed by atoms with Crippen molar-refractivity contribution in [1.29, 1.82) is 0 Å². The molecule has 138 valence electrons. The molecule has 0 aromatic rings. The lowest BCUT2D eigenvalue weighted by Crippen LogP contribution is -2.57. The van der Waals surface area contributed by atoms with E-state index < -0.39 is 12.0 Å². The van der Waals surface area contributed by atoms with Crippen molar-refractivity contribution in [2.45, 2.75) is 103 Å². The predicted molar refractivity (Wildman–Crippen MR) is 95.0 cm³/mol. The second kappa shape index (κ2) is 9.28. The number of nitrogens with one attached hydrogen (secondary N) is 1. The van der Waals surface area contributed by atoms with Gasteiger partial charge < -0.3 is 15.3 Å². The first-order valence-corrected chi connectivity index (χ1v) is 9.86. The average Bonchev–Trinajstić information content (AvgIpc) is 2.61. The van der Waals surface area contributed by atoms with Gasteiger partial charge in [-0.3, -0.25) is 0 Å². The van der Waals surface area contributed by atoms with Gasteiger partial charge in [0, 0.05) is 12.1 Å². The zero-order valence-electron chi connectivity index (χ0n) is 15.3. The number of amides is 2. The van der Waals surface area contributed by atoms with Crippen LogP contribution in [-0.2, 0) is 4.79 Å². The van der Waals surface area contributed by atoms with E-state index in [2.05, 4.69) is 5.32 Å². The lowest BCUT2D eigenvalue weighted by molar-refractivity contribution is -0.140. The van der Waals surface area contributed by atoms with Gasteiger partial charge in [0.15, 0.2) is 0 Å². The molecule has 24 heavy (non-hydrogen) atoms. The SMILES string of the molecule is CCC(C)C(NC(=O)N(C1CCCCC1)C1CCCCC1)C(=O)O. The Kier molecular flexibility index (Phi) is 7.38. The van der Waals surface area contributed by atoms with Crippen LogP contribution in [0.1, 0.15) is 84.5 Å². The molecule has 0 aromatic carbocycles. The van der Waals surface area contributed by atoms with Crippen LogP contribution in [0.3, 0.4) is 0 Å². The molecular weight excluding hydrogens is 304 g/mol. The highest BCUT2D eigenvalue weighted by molar-refractivity contribution is 5.83. The number of carboxylic acids is 1. The molecule has 0 heterocycles. The molecule has 5 nitrogen and oxygen atoms in total. The standard InChI is InChI=1S/C19H34N2O3/c1-3-14(2)17(18(22)23)20-19(24)21(15-10-6-4-7-11-15)16-12-8-5-9-13-16/h14-17H,3-13H2,1-2H3,(H,20,24)(H,22,23). The van der Waals surface area contributed by atoms with Crippen LogP contribution < -0.4 is 5.32 Å². The van der Waals surface area contributed by atoms with Gasteiger partial charge in [-0.25, -0.2) is 9.59 Å². The number of carboxylic acid groups (broad SMARTS) is 1. The van der Waals surface area contributed by atoms with Gasteiger partial charge in [0.25, 0.3) is 0 Å². The van der Waals surface area contributed by atoms with E-state index in [4.69, 9.17) is 0 Å². The maximum absolute atomic E-state index is 13.0. The summed E-state index contributed by atoms with van der Waals surface area (Å²) in [6, 6.07) is -0.375. The Morgan fingerprint density at radius 3 is 1.83 bits per heavy atom. The monoisotopic (exact) mass is 338 g/mol. The van der Waals surface area contributed by atoms with Crippen molar-refractivity contribution >= 4 is 12.0 Å². The van der Waals surface area contributed by atoms with Gasteiger partial charge in [-0.05, 0) is 31.6 Å². The molecule has 2 aliphatic carbocycles. The van der Waals surface area contributed by atoms with Gasteiger partial charge in [0.1, 0.15) is 6.04 Å². The zero-order chi connectivity index (χ0) is 17.5. The maximum Gasteiger partial charge on any atom is 0.326 e. The summed E-state index contributed by atoms with van der Waals surface area (Å²) < 4.78 is 0. The minimum Gasteiger partial charge on any atom is -0.480 e. The highest BCUT2D eigenvalue weighted by Crippen LogP contribution is 2.30. The van der Waals surface area contributed by atoms with Gasteiger partial charge in [-0.2, -0.15) is 0 Å². The molecule has 2 atom stereocenters. The van der Waals surface area contributed by atoms with Gasteiger partial charge >= 0.3 is 12.0 Å². The second-order valence-corrected chi connectivity index (χ2v) is 7.64. The van der Waals surface area contributed by atoms with Crippen molar-refractivity contribution in [1.82, 2.24) is 10.2 Å². The number of rotatable bonds is 6. The average molecular weight is 338 g/mol. The van der Waals surface area contributed by atoms with Crippen LogP contribution in [0.2, 0.25) is 0 Å². The summed E-state index contributed by atoms with van der Waals surface area (Å²) >= 11 is 0. The van der Waals surface area contributed by atoms with Crippen LogP contribution in [0.4, 0.5) is 4.79 Å². The molecule has 0 radical (unpaired) electrons. The topological polar surface area (TPSA) is 69.6 Å². The molecule has 0 saturated heterocycles. The van der Waals surface area contributed by atoms with E-state index in [-0.39, 0.29) is 24.0 Å². The highest BCUT2D eigenvalue weighted by Gasteiger charge is 2.35. The first-order valence-electron chi connectivity index (χ1n) is 9.86. The maximum atomic E-state index is 13.0. The molecule has 2 rings (SSSR count). The summed E-state index contributed by atoms with van der Waals surface area (Å²) in [5, 5.41) is 12.3. The van der Waals surface area contributed by atoms with E-state index in [0.717, 1.165) is 32.1 Å². The molecule has 2 aliphatic rings. The Bertz CT molecular complexity index is 397. The fourth-order valence-electron chi connectivity index (χ4n) is 4.24. The highest BCUT2D eigenvalue weighted by atomic mass is 16.4. The summed E-state index contributed by atoms with van der Waals surface area (Å²) in [4.78, 5) is 26.6. The summed E-state index contributed by atoms with van der Waals surface area (Å²) in [7, 11) is 0. The Balaban J connectivity index is 2.11. The number of hydrogen-bond acceptors (Lipinski definition) is 2. The number of urea groups is 1. The molecule has 2 amide bonds. The molecule has 0 aliphatic heterocycles. The third-order valence-electron chi connectivity index (χ3n) is 5.93. The summed E-state index contributed by atoms with van der Waals surface area (Å²) in [6.07, 6.45) is 12.2. The molecule has 0 spiro atoms. The van der Waals surface area contributed by atoms with Crippen molar-refractivity contribution in [2.24, 2.45) is 5.92 Å². The fraction of sp³-hybridized carbons (Fsp3) is 0.895. The van der Waals surface area contributed by atoms with E-state index >= 15 is 0 Å². The van der Waals surface area contributed by atoms with E-state index in [9.17, 15) is 14.7 Å². The number of nitrogens with zero attached hydrogens (tertiary/aromatic N) is 1. The Morgan fingerprint density at radius 1 is 1.00 bits per heavy atom. The van der Waals surface area contributed by atoms with Gasteiger partial charge in [-0.1, -0.05) is 58.8 Å². The van der Waals surface area contributed by atoms with Crippen molar-refractivity contribution in [3.05, 3.63) is 0 Å². The molecule has 5 heteroatoms. The van der Waals surface area contributed by atoms with E-state index in [1.165, 1.54) is 38.5 Å². The summed E-state index contributed by atoms with van der Waals surface area (Å²) in [5.41, 5.74) is 0. The first-order chi connectivity index (χ1) is 11.5. The van der Waals surface area contributed by atoms with E-state index in [1.807, 2.05) is 18.7 Å². The van der Waals surface area contributed by atoms with Crippen molar-refractivity contribution in [3.63, 3.8) is 0 Å². The number of carbonyl (C=O) groups is 2. The number of aliphatic carboxylic acids is 1. The summed E-state index contributed by atoms with van der Waals surface area (Å²) in [5.74, 6) is -0.990. The largest absolute Gasteiger partial charge is 0.480 e. The molecule has 2 N–H and O–H groups in total. The van der Waals surface area contributed by atoms with Crippen LogP contribution in [-0.4, -0.2) is 40.1 Å². The molecular formula is C19H34N2O3. The van der Waals surface area contributed by atoms with Gasteiger partial charge in [0.05, 0.1) is 0 Å². The van der Waals surface area contributed by atoms with Crippen LogP contribution >= 0.6 is 0 Å². The Labute approximate surface area is 146 Å². The van der Waals surface area contributed by atoms with E-state index in [1.54, 1.807) is 0 Å². The fourth-order valence-corrected chi connectivity index (χ4v) is 4.24. The lowest BCUT2D eigenvalue weighted by atomic mass is 9.89. The van der Waals surface area contributed by atoms with Crippen LogP contribution in [0, 0.1) is 5.92 Å². The van der Waals surface area contributed by atoms with Crippen molar-refractivity contribution in [3.8, 4) is 0 Å². The predicted octanol–water partition coefficient (Wildman–Crippen LogP) is 4.16. The minimum atomic E-state index is -0.926. The zero-order valence-corrected chi connectivity index (χ0v) is 15.3. The lowest BCUT2D eigenvalue weighted by Gasteiger charge is -2.42. The van der Waals surface area contributed by atoms with Crippen molar-refractivity contribution in [2.75, 3.05) is 0 Å². The second-order valence-electron chi connectivity index (χ2n) is 7.64. The van der Waals surface area contributed by atoms with Gasteiger partial charge in [0.2, 0.25) is 0 Å². The Morgan fingerprint density at radius 2 is 1.46 bits per heavy atom. The Hall–Kier alpha value is -1.26. The normalized spacial score (nSPS) is 22.6. The van der Waals surface area contributed by atoms with Gasteiger partial charge in [-0.15, -0.1) is 0 Å². The molecule has 2 saturated carbocycles. The first kappa shape index (κ1) is 19.1. The third kappa shape index (κ3) is 4.87. The van der Waals surface area contributed by atoms with E-state index in [0.29, 0.717) is 0 Å². The summed E-state index contributed by atoms with van der Waals surface area (Å²) in [6.45, 7) is 3.86. The quantitative estimate of drug-likeness (QED) is 0.764. The van der Waals surface area contributed by atoms with Crippen LogP contribution in [0.25, 0.3) is 0 Å². The van der Waals surface area contributed by atoms with Crippen molar-refractivity contribution < 1.29 is 14.7 Å². The molecule has 0 bridgehead atoms.